The molecule has 3 nitrogen and oxygen atoms in total. The lowest BCUT2D eigenvalue weighted by Crippen LogP contribution is -2.05. The van der Waals surface area contributed by atoms with Crippen LogP contribution in [0.15, 0.2) is 18.2 Å². The Bertz CT molecular complexity index is 386. The molecule has 0 radical (unpaired) electrons. The van der Waals surface area contributed by atoms with Crippen LogP contribution < -0.4 is 9.47 Å². The fraction of sp³-hybridized carbons (Fsp3) is 0.500. The zero-order valence-corrected chi connectivity index (χ0v) is 10.4. The van der Waals surface area contributed by atoms with Gasteiger partial charge in [0.05, 0.1) is 14.2 Å². The second-order valence-electron chi connectivity index (χ2n) is 4.44. The van der Waals surface area contributed by atoms with Gasteiger partial charge in [0.2, 0.25) is 0 Å². The smallest absolute Gasteiger partial charge is 0.170 e. The SMILES string of the molecule is COc1cccc(OC)c1C(=O)CCC1CC1. The summed E-state index contributed by atoms with van der Waals surface area (Å²) in [6.07, 6.45) is 4.12. The maximum Gasteiger partial charge on any atom is 0.170 e. The Morgan fingerprint density at radius 2 is 1.82 bits per heavy atom. The van der Waals surface area contributed by atoms with Crippen molar-refractivity contribution in [3.63, 3.8) is 0 Å². The lowest BCUT2D eigenvalue weighted by molar-refractivity contribution is 0.0972. The molecule has 0 aliphatic heterocycles. The predicted octanol–water partition coefficient (Wildman–Crippen LogP) is 3.08. The van der Waals surface area contributed by atoms with E-state index in [2.05, 4.69) is 0 Å². The summed E-state index contributed by atoms with van der Waals surface area (Å²) in [5, 5.41) is 0. The zero-order valence-electron chi connectivity index (χ0n) is 10.4. The Morgan fingerprint density at radius 3 is 2.29 bits per heavy atom. The Labute approximate surface area is 102 Å². The van der Waals surface area contributed by atoms with Crippen molar-refractivity contribution in [2.45, 2.75) is 25.7 Å². The maximum atomic E-state index is 12.2. The monoisotopic (exact) mass is 234 g/mol. The summed E-state index contributed by atoms with van der Waals surface area (Å²) in [4.78, 5) is 12.2. The first-order chi connectivity index (χ1) is 8.26. The number of ketones is 1. The van der Waals surface area contributed by atoms with E-state index in [1.807, 2.05) is 6.07 Å². The van der Waals surface area contributed by atoms with Gasteiger partial charge in [-0.2, -0.15) is 0 Å². The van der Waals surface area contributed by atoms with Gasteiger partial charge in [0.15, 0.2) is 5.78 Å². The summed E-state index contributed by atoms with van der Waals surface area (Å²) in [6, 6.07) is 5.43. The normalized spacial score (nSPS) is 14.5. The molecule has 0 bridgehead atoms. The highest BCUT2D eigenvalue weighted by atomic mass is 16.5. The largest absolute Gasteiger partial charge is 0.496 e. The van der Waals surface area contributed by atoms with Crippen LogP contribution in [0.25, 0.3) is 0 Å². The van der Waals surface area contributed by atoms with Crippen molar-refractivity contribution in [3.05, 3.63) is 23.8 Å². The number of rotatable bonds is 6. The number of hydrogen-bond acceptors (Lipinski definition) is 3. The van der Waals surface area contributed by atoms with Crippen molar-refractivity contribution in [2.24, 2.45) is 5.92 Å². The van der Waals surface area contributed by atoms with Gasteiger partial charge in [-0.25, -0.2) is 0 Å². The summed E-state index contributed by atoms with van der Waals surface area (Å²) in [6.45, 7) is 0. The Hall–Kier alpha value is -1.51. The lowest BCUT2D eigenvalue weighted by Gasteiger charge is -2.11. The second kappa shape index (κ2) is 5.21. The number of carbonyl (C=O) groups excluding carboxylic acids is 1. The predicted molar refractivity (Wildman–Crippen MR) is 65.8 cm³/mol. The third-order valence-corrected chi connectivity index (χ3v) is 3.18. The van der Waals surface area contributed by atoms with Crippen molar-refractivity contribution in [1.29, 1.82) is 0 Å². The van der Waals surface area contributed by atoms with Crippen LogP contribution in [0, 0.1) is 5.92 Å². The van der Waals surface area contributed by atoms with Crippen LogP contribution in [-0.2, 0) is 0 Å². The van der Waals surface area contributed by atoms with Gasteiger partial charge >= 0.3 is 0 Å². The first-order valence-electron chi connectivity index (χ1n) is 6.00. The van der Waals surface area contributed by atoms with E-state index in [4.69, 9.17) is 9.47 Å². The molecule has 0 atom stereocenters. The van der Waals surface area contributed by atoms with E-state index in [1.165, 1.54) is 12.8 Å². The second-order valence-corrected chi connectivity index (χ2v) is 4.44. The Balaban J connectivity index is 2.17. The molecule has 0 amide bonds. The van der Waals surface area contributed by atoms with E-state index in [9.17, 15) is 4.79 Å². The minimum atomic E-state index is 0.117. The fourth-order valence-corrected chi connectivity index (χ4v) is 1.99. The first kappa shape index (κ1) is 12.0. The molecule has 92 valence electrons. The van der Waals surface area contributed by atoms with E-state index >= 15 is 0 Å². The van der Waals surface area contributed by atoms with Crippen LogP contribution in [0.3, 0.4) is 0 Å². The van der Waals surface area contributed by atoms with Crippen LogP contribution in [0.1, 0.15) is 36.0 Å². The molecule has 1 aliphatic carbocycles. The number of benzene rings is 1. The van der Waals surface area contributed by atoms with Crippen LogP contribution >= 0.6 is 0 Å². The molecule has 17 heavy (non-hydrogen) atoms. The summed E-state index contributed by atoms with van der Waals surface area (Å²) in [5.41, 5.74) is 0.582. The van der Waals surface area contributed by atoms with Gasteiger partial charge in [-0.3, -0.25) is 4.79 Å². The highest BCUT2D eigenvalue weighted by Gasteiger charge is 2.24. The Kier molecular flexibility index (Phi) is 3.67. The van der Waals surface area contributed by atoms with Gasteiger partial charge in [-0.1, -0.05) is 18.9 Å². The molecule has 1 aromatic rings. The van der Waals surface area contributed by atoms with Crippen molar-refractivity contribution in [1.82, 2.24) is 0 Å². The lowest BCUT2D eigenvalue weighted by atomic mass is 10.0. The van der Waals surface area contributed by atoms with Gasteiger partial charge in [-0.15, -0.1) is 0 Å². The average Bonchev–Trinajstić information content (AvgIpc) is 3.18. The van der Waals surface area contributed by atoms with Gasteiger partial charge in [-0.05, 0) is 24.5 Å². The summed E-state index contributed by atoms with van der Waals surface area (Å²) >= 11 is 0. The molecule has 3 heteroatoms. The zero-order chi connectivity index (χ0) is 12.3. The molecular weight excluding hydrogens is 216 g/mol. The molecule has 0 saturated heterocycles. The van der Waals surface area contributed by atoms with E-state index in [0.717, 1.165) is 12.3 Å². The minimum absolute atomic E-state index is 0.117. The number of carbonyl (C=O) groups is 1. The fourth-order valence-electron chi connectivity index (χ4n) is 1.99. The van der Waals surface area contributed by atoms with Crippen LogP contribution in [0.2, 0.25) is 0 Å². The number of hydrogen-bond donors (Lipinski definition) is 0. The standard InChI is InChI=1S/C14H18O3/c1-16-12-4-3-5-13(17-2)14(12)11(15)9-8-10-6-7-10/h3-5,10H,6-9H2,1-2H3. The molecular formula is C14H18O3. The molecule has 1 aromatic carbocycles. The van der Waals surface area contributed by atoms with E-state index in [1.54, 1.807) is 26.4 Å². The molecule has 0 aromatic heterocycles. The topological polar surface area (TPSA) is 35.5 Å². The quantitative estimate of drug-likeness (QED) is 0.709. The van der Waals surface area contributed by atoms with Crippen molar-refractivity contribution in [3.8, 4) is 11.5 Å². The van der Waals surface area contributed by atoms with Crippen molar-refractivity contribution >= 4 is 5.78 Å². The van der Waals surface area contributed by atoms with Crippen LogP contribution in [-0.4, -0.2) is 20.0 Å². The van der Waals surface area contributed by atoms with Gasteiger partial charge in [0, 0.05) is 6.42 Å². The Morgan fingerprint density at radius 1 is 1.24 bits per heavy atom. The summed E-state index contributed by atoms with van der Waals surface area (Å²) in [7, 11) is 3.15. The van der Waals surface area contributed by atoms with Crippen LogP contribution in [0.4, 0.5) is 0 Å². The molecule has 2 rings (SSSR count). The number of methoxy groups -OCH3 is 2. The maximum absolute atomic E-state index is 12.2. The molecule has 1 aliphatic rings. The summed E-state index contributed by atoms with van der Waals surface area (Å²) < 4.78 is 10.5. The molecule has 0 unspecified atom stereocenters. The van der Waals surface area contributed by atoms with Crippen LogP contribution in [0.5, 0.6) is 11.5 Å². The third kappa shape index (κ3) is 2.78. The minimum Gasteiger partial charge on any atom is -0.496 e. The molecule has 1 fully saturated rings. The van der Waals surface area contributed by atoms with E-state index in [-0.39, 0.29) is 5.78 Å². The van der Waals surface area contributed by atoms with Crippen molar-refractivity contribution in [2.75, 3.05) is 14.2 Å². The third-order valence-electron chi connectivity index (χ3n) is 3.18. The molecule has 0 spiro atoms. The molecule has 0 heterocycles. The average molecular weight is 234 g/mol. The van der Waals surface area contributed by atoms with Gasteiger partial charge in [0.25, 0.3) is 0 Å². The number of ether oxygens (including phenoxy) is 2. The highest BCUT2D eigenvalue weighted by Crippen LogP contribution is 2.35. The first-order valence-corrected chi connectivity index (χ1v) is 6.00. The molecule has 1 saturated carbocycles. The van der Waals surface area contributed by atoms with E-state index in [0.29, 0.717) is 23.5 Å². The molecule has 0 N–H and O–H groups in total. The van der Waals surface area contributed by atoms with Crippen molar-refractivity contribution < 1.29 is 14.3 Å². The van der Waals surface area contributed by atoms with Gasteiger partial charge < -0.3 is 9.47 Å². The van der Waals surface area contributed by atoms with E-state index < -0.39 is 0 Å². The van der Waals surface area contributed by atoms with Gasteiger partial charge in [0.1, 0.15) is 17.1 Å². The highest BCUT2D eigenvalue weighted by molar-refractivity contribution is 6.01. The number of Topliss-reactive ketones (excluding diaryl/α,β-unsaturated/α-hetero) is 1. The summed E-state index contributed by atoms with van der Waals surface area (Å²) in [5.74, 6) is 2.08.